The highest BCUT2D eigenvalue weighted by molar-refractivity contribution is 5.99. The maximum Gasteiger partial charge on any atom is 0.307 e. The van der Waals surface area contributed by atoms with Gasteiger partial charge in [-0.15, -0.1) is 0 Å². The van der Waals surface area contributed by atoms with Crippen molar-refractivity contribution in [2.45, 2.75) is 13.5 Å². The summed E-state index contributed by atoms with van der Waals surface area (Å²) in [5.41, 5.74) is 3.78. The molecule has 1 aromatic carbocycles. The Bertz CT molecular complexity index is 678. The summed E-state index contributed by atoms with van der Waals surface area (Å²) >= 11 is 0. The van der Waals surface area contributed by atoms with E-state index in [2.05, 4.69) is 15.6 Å². The fourth-order valence-corrected chi connectivity index (χ4v) is 1.61. The molecule has 0 spiro atoms. The molecule has 2 rings (SSSR count). The fraction of sp³-hybridized carbons (Fsp3) is 0.154. The lowest BCUT2D eigenvalue weighted by Gasteiger charge is -2.02. The molecule has 8 nitrogen and oxygen atoms in total. The Kier molecular flexibility index (Phi) is 4.39. The van der Waals surface area contributed by atoms with E-state index >= 15 is 0 Å². The van der Waals surface area contributed by atoms with Crippen molar-refractivity contribution in [3.05, 3.63) is 58.4 Å². The van der Waals surface area contributed by atoms with Crippen LogP contribution in [0.5, 0.6) is 0 Å². The van der Waals surface area contributed by atoms with Crippen LogP contribution in [-0.2, 0) is 11.3 Å². The molecular formula is C13H13N5O3. The Morgan fingerprint density at radius 2 is 2.14 bits per heavy atom. The molecule has 1 heterocycles. The molecule has 0 unspecified atom stereocenters. The molecule has 0 bridgehead atoms. The van der Waals surface area contributed by atoms with Crippen LogP contribution in [0, 0.1) is 10.1 Å². The van der Waals surface area contributed by atoms with Crippen LogP contribution < -0.4 is 5.43 Å². The molecule has 1 amide bonds. The van der Waals surface area contributed by atoms with Gasteiger partial charge in [0, 0.05) is 0 Å². The smallest absolute Gasteiger partial charge is 0.271 e. The van der Waals surface area contributed by atoms with Crippen molar-refractivity contribution in [1.29, 1.82) is 0 Å². The van der Waals surface area contributed by atoms with Crippen LogP contribution in [0.1, 0.15) is 12.5 Å². The molecule has 0 saturated carbocycles. The number of nitrogens with one attached hydrogen (secondary N) is 1. The van der Waals surface area contributed by atoms with E-state index in [1.54, 1.807) is 6.92 Å². The molecule has 0 atom stereocenters. The number of aromatic nitrogens is 2. The summed E-state index contributed by atoms with van der Waals surface area (Å²) in [5.74, 6) is -0.414. The molecule has 0 aliphatic rings. The van der Waals surface area contributed by atoms with E-state index in [1.807, 2.05) is 30.3 Å². The first-order valence-corrected chi connectivity index (χ1v) is 6.11. The van der Waals surface area contributed by atoms with E-state index in [0.717, 1.165) is 11.8 Å². The zero-order valence-electron chi connectivity index (χ0n) is 11.3. The second kappa shape index (κ2) is 6.42. The number of carbonyl (C=O) groups excluding carboxylic acids is 1. The molecule has 0 aliphatic carbocycles. The van der Waals surface area contributed by atoms with E-state index in [-0.39, 0.29) is 12.2 Å². The average molecular weight is 287 g/mol. The van der Waals surface area contributed by atoms with Gasteiger partial charge in [0.05, 0.1) is 10.6 Å². The van der Waals surface area contributed by atoms with Crippen LogP contribution in [-0.4, -0.2) is 26.3 Å². The van der Waals surface area contributed by atoms with Crippen molar-refractivity contribution in [3.8, 4) is 0 Å². The summed E-state index contributed by atoms with van der Waals surface area (Å²) < 4.78 is 1.18. The maximum absolute atomic E-state index is 11.7. The molecule has 0 fully saturated rings. The van der Waals surface area contributed by atoms with Crippen molar-refractivity contribution >= 4 is 17.3 Å². The SMILES string of the molecule is C/C(=N\NC(=O)Cn1cc([N+](=O)[O-])cn1)c1ccccc1. The minimum absolute atomic E-state index is 0.139. The number of amides is 1. The third-order valence-electron chi connectivity index (χ3n) is 2.68. The second-order valence-electron chi connectivity index (χ2n) is 4.25. The van der Waals surface area contributed by atoms with Crippen LogP contribution in [0.15, 0.2) is 47.8 Å². The van der Waals surface area contributed by atoms with Gasteiger partial charge in [-0.3, -0.25) is 19.6 Å². The van der Waals surface area contributed by atoms with E-state index in [1.165, 1.54) is 10.9 Å². The first-order chi connectivity index (χ1) is 10.1. The van der Waals surface area contributed by atoms with Crippen molar-refractivity contribution in [3.63, 3.8) is 0 Å². The predicted octanol–water partition coefficient (Wildman–Crippen LogP) is 1.33. The van der Waals surface area contributed by atoms with Crippen LogP contribution in [0.4, 0.5) is 5.69 Å². The molecule has 0 radical (unpaired) electrons. The summed E-state index contributed by atoms with van der Waals surface area (Å²) in [7, 11) is 0. The van der Waals surface area contributed by atoms with Crippen LogP contribution in [0.3, 0.4) is 0 Å². The van der Waals surface area contributed by atoms with Gasteiger partial charge in [-0.2, -0.15) is 10.2 Å². The Balaban J connectivity index is 1.94. The van der Waals surface area contributed by atoms with Crippen molar-refractivity contribution in [2.24, 2.45) is 5.10 Å². The highest BCUT2D eigenvalue weighted by atomic mass is 16.6. The highest BCUT2D eigenvalue weighted by Gasteiger charge is 2.10. The average Bonchev–Trinajstić information content (AvgIpc) is 2.94. The molecular weight excluding hydrogens is 274 g/mol. The minimum Gasteiger partial charge on any atom is -0.271 e. The largest absolute Gasteiger partial charge is 0.307 e. The van der Waals surface area contributed by atoms with Gasteiger partial charge in [0.15, 0.2) is 0 Å². The Morgan fingerprint density at radius 1 is 1.43 bits per heavy atom. The van der Waals surface area contributed by atoms with Crippen molar-refractivity contribution < 1.29 is 9.72 Å². The molecule has 8 heteroatoms. The van der Waals surface area contributed by atoms with Crippen LogP contribution in [0.25, 0.3) is 0 Å². The lowest BCUT2D eigenvalue weighted by Crippen LogP contribution is -2.24. The number of hydrazone groups is 1. The van der Waals surface area contributed by atoms with Crippen LogP contribution >= 0.6 is 0 Å². The monoisotopic (exact) mass is 287 g/mol. The Hall–Kier alpha value is -3.03. The number of nitrogens with zero attached hydrogens (tertiary/aromatic N) is 4. The van der Waals surface area contributed by atoms with Gasteiger partial charge in [-0.25, -0.2) is 5.43 Å². The number of rotatable bonds is 5. The molecule has 1 N–H and O–H groups in total. The maximum atomic E-state index is 11.7. The lowest BCUT2D eigenvalue weighted by molar-refractivity contribution is -0.385. The summed E-state index contributed by atoms with van der Waals surface area (Å²) in [6.45, 7) is 1.63. The number of hydrogen-bond acceptors (Lipinski definition) is 5. The van der Waals surface area contributed by atoms with Gasteiger partial charge in [-0.05, 0) is 12.5 Å². The number of benzene rings is 1. The highest BCUT2D eigenvalue weighted by Crippen LogP contribution is 2.07. The quantitative estimate of drug-likeness (QED) is 0.509. The standard InChI is InChI=1S/C13H13N5O3/c1-10(11-5-3-2-4-6-11)15-16-13(19)9-17-8-12(7-14-17)18(20)21/h2-8H,9H2,1H3,(H,16,19)/b15-10+. The lowest BCUT2D eigenvalue weighted by atomic mass is 10.1. The zero-order valence-corrected chi connectivity index (χ0v) is 11.3. The van der Waals surface area contributed by atoms with E-state index in [0.29, 0.717) is 5.71 Å². The zero-order chi connectivity index (χ0) is 15.2. The summed E-state index contributed by atoms with van der Waals surface area (Å²) in [4.78, 5) is 21.6. The van der Waals surface area contributed by atoms with E-state index < -0.39 is 10.8 Å². The normalized spacial score (nSPS) is 11.2. The third-order valence-corrected chi connectivity index (χ3v) is 2.68. The number of carbonyl (C=O) groups is 1. The molecule has 21 heavy (non-hydrogen) atoms. The molecule has 0 saturated heterocycles. The van der Waals surface area contributed by atoms with Gasteiger partial charge in [0.1, 0.15) is 18.9 Å². The minimum atomic E-state index is -0.570. The molecule has 0 aliphatic heterocycles. The van der Waals surface area contributed by atoms with Gasteiger partial charge in [0.25, 0.3) is 5.91 Å². The molecule has 2 aromatic rings. The first kappa shape index (κ1) is 14.4. The number of hydrogen-bond donors (Lipinski definition) is 1. The van der Waals surface area contributed by atoms with Crippen LogP contribution in [0.2, 0.25) is 0 Å². The van der Waals surface area contributed by atoms with Gasteiger partial charge >= 0.3 is 5.69 Å². The van der Waals surface area contributed by atoms with Gasteiger partial charge in [-0.1, -0.05) is 30.3 Å². The molecule has 108 valence electrons. The predicted molar refractivity (Wildman–Crippen MR) is 75.7 cm³/mol. The van der Waals surface area contributed by atoms with Crippen molar-refractivity contribution in [2.75, 3.05) is 0 Å². The second-order valence-corrected chi connectivity index (χ2v) is 4.25. The van der Waals surface area contributed by atoms with E-state index in [9.17, 15) is 14.9 Å². The Labute approximate surface area is 120 Å². The third kappa shape index (κ3) is 3.96. The molecule has 1 aromatic heterocycles. The van der Waals surface area contributed by atoms with E-state index in [4.69, 9.17) is 0 Å². The summed E-state index contributed by atoms with van der Waals surface area (Å²) in [6, 6.07) is 9.39. The van der Waals surface area contributed by atoms with Gasteiger partial charge in [0.2, 0.25) is 0 Å². The summed E-state index contributed by atoms with van der Waals surface area (Å²) in [6.07, 6.45) is 2.28. The Morgan fingerprint density at radius 3 is 2.76 bits per heavy atom. The first-order valence-electron chi connectivity index (χ1n) is 6.11. The van der Waals surface area contributed by atoms with Gasteiger partial charge < -0.3 is 0 Å². The fourth-order valence-electron chi connectivity index (χ4n) is 1.61. The van der Waals surface area contributed by atoms with Crippen molar-refractivity contribution in [1.82, 2.24) is 15.2 Å². The number of nitro groups is 1. The topological polar surface area (TPSA) is 102 Å². The summed E-state index contributed by atoms with van der Waals surface area (Å²) in [5, 5.41) is 18.2.